The predicted octanol–water partition coefficient (Wildman–Crippen LogP) is 11.1. The van der Waals surface area contributed by atoms with Gasteiger partial charge in [-0.3, -0.25) is 0 Å². The molecule has 0 aromatic carbocycles. The summed E-state index contributed by atoms with van der Waals surface area (Å²) in [5, 5.41) is 0. The maximum absolute atomic E-state index is 14.9. The summed E-state index contributed by atoms with van der Waals surface area (Å²) in [5.41, 5.74) is 0.449. The lowest BCUT2D eigenvalue weighted by molar-refractivity contribution is 0.155. The first-order valence-corrected chi connectivity index (χ1v) is 14.4. The highest BCUT2D eigenvalue weighted by Gasteiger charge is 2.26. The molecule has 0 saturated carbocycles. The molecule has 0 aliphatic heterocycles. The van der Waals surface area contributed by atoms with E-state index in [0.29, 0.717) is 17.3 Å². The third kappa shape index (κ3) is 15.0. The van der Waals surface area contributed by atoms with Gasteiger partial charge in [-0.25, -0.2) is 4.39 Å². The number of hydrogen-bond donors (Lipinski definition) is 0. The van der Waals surface area contributed by atoms with Crippen LogP contribution in [0.3, 0.4) is 0 Å². The van der Waals surface area contributed by atoms with Crippen LogP contribution in [0.2, 0.25) is 0 Å². The largest absolute Gasteiger partial charge is 0.247 e. The van der Waals surface area contributed by atoms with E-state index >= 15 is 0 Å². The van der Waals surface area contributed by atoms with Gasteiger partial charge >= 0.3 is 0 Å². The van der Waals surface area contributed by atoms with Gasteiger partial charge in [-0.15, -0.1) is 0 Å². The number of rotatable bonds is 19. The van der Waals surface area contributed by atoms with Crippen molar-refractivity contribution in [1.82, 2.24) is 0 Å². The molecular formula is C31H63F. The minimum atomic E-state index is -0.630. The first-order chi connectivity index (χ1) is 14.8. The summed E-state index contributed by atoms with van der Waals surface area (Å²) in [6.07, 6.45) is 12.8. The fourth-order valence-electron chi connectivity index (χ4n) is 4.91. The van der Waals surface area contributed by atoms with Crippen molar-refractivity contribution in [3.8, 4) is 0 Å². The first-order valence-electron chi connectivity index (χ1n) is 14.4. The predicted molar refractivity (Wildman–Crippen MR) is 145 cm³/mol. The van der Waals surface area contributed by atoms with Crippen molar-refractivity contribution in [3.05, 3.63) is 0 Å². The van der Waals surface area contributed by atoms with Gasteiger partial charge < -0.3 is 0 Å². The summed E-state index contributed by atoms with van der Waals surface area (Å²) in [4.78, 5) is 0. The Morgan fingerprint density at radius 2 is 1.03 bits per heavy atom. The van der Waals surface area contributed by atoms with Crippen LogP contribution in [-0.4, -0.2) is 6.17 Å². The molecule has 1 heteroatoms. The topological polar surface area (TPSA) is 0 Å². The Morgan fingerprint density at radius 1 is 0.562 bits per heavy atom. The fraction of sp³-hybridized carbons (Fsp3) is 1.00. The fourth-order valence-corrected chi connectivity index (χ4v) is 4.91. The second kappa shape index (κ2) is 16.5. The van der Waals surface area contributed by atoms with Gasteiger partial charge in [0, 0.05) is 0 Å². The highest BCUT2D eigenvalue weighted by molar-refractivity contribution is 4.77. The molecule has 0 fully saturated rings. The van der Waals surface area contributed by atoms with Crippen LogP contribution in [0.4, 0.5) is 4.39 Å². The summed E-state index contributed by atoms with van der Waals surface area (Å²) in [6, 6.07) is 0. The summed E-state index contributed by atoms with van der Waals surface area (Å²) < 4.78 is 14.9. The van der Waals surface area contributed by atoms with Crippen LogP contribution in [0, 0.1) is 46.8 Å². The van der Waals surface area contributed by atoms with Gasteiger partial charge in [-0.1, -0.05) is 121 Å². The van der Waals surface area contributed by atoms with E-state index in [4.69, 9.17) is 0 Å². The lowest BCUT2D eigenvalue weighted by Crippen LogP contribution is -2.22. The van der Waals surface area contributed by atoms with Gasteiger partial charge in [0.15, 0.2) is 0 Å². The molecule has 0 N–H and O–H groups in total. The molecule has 0 aliphatic rings. The zero-order valence-corrected chi connectivity index (χ0v) is 24.3. The highest BCUT2D eigenvalue weighted by Crippen LogP contribution is 2.37. The summed E-state index contributed by atoms with van der Waals surface area (Å²) in [7, 11) is 0. The molecule has 194 valence electrons. The van der Waals surface area contributed by atoms with Crippen LogP contribution in [0.15, 0.2) is 0 Å². The van der Waals surface area contributed by atoms with Crippen molar-refractivity contribution in [1.29, 1.82) is 0 Å². The SMILES string of the molecule is CC(C)CCC(C)CCC(F)C(C)C(C)CCC(C)CCCC(C)(C)C(C)CCC(C)C. The first kappa shape index (κ1) is 31.9. The molecule has 0 nitrogen and oxygen atoms in total. The Bertz CT molecular complexity index is 438. The smallest absolute Gasteiger partial charge is 0.103 e. The number of alkyl halides is 1. The molecule has 6 atom stereocenters. The molecule has 0 aromatic heterocycles. The van der Waals surface area contributed by atoms with Crippen LogP contribution in [-0.2, 0) is 0 Å². The van der Waals surface area contributed by atoms with Crippen LogP contribution >= 0.6 is 0 Å². The van der Waals surface area contributed by atoms with Crippen molar-refractivity contribution in [3.63, 3.8) is 0 Å². The van der Waals surface area contributed by atoms with Crippen molar-refractivity contribution < 1.29 is 4.39 Å². The molecule has 6 unspecified atom stereocenters. The highest BCUT2D eigenvalue weighted by atomic mass is 19.1. The second-order valence-electron chi connectivity index (χ2n) is 13.4. The number of hydrogen-bond acceptors (Lipinski definition) is 0. The molecular weight excluding hydrogens is 391 g/mol. The van der Waals surface area contributed by atoms with Crippen LogP contribution in [0.25, 0.3) is 0 Å². The quantitative estimate of drug-likeness (QED) is 0.182. The summed E-state index contributed by atoms with van der Waals surface area (Å²) in [5.74, 6) is 4.49. The van der Waals surface area contributed by atoms with Crippen molar-refractivity contribution in [2.45, 2.75) is 153 Å². The molecule has 0 heterocycles. The minimum Gasteiger partial charge on any atom is -0.247 e. The molecule has 0 radical (unpaired) electrons. The lowest BCUT2D eigenvalue weighted by atomic mass is 9.73. The normalized spacial score (nSPS) is 18.6. The van der Waals surface area contributed by atoms with Crippen molar-refractivity contribution in [2.75, 3.05) is 0 Å². The van der Waals surface area contributed by atoms with E-state index in [1.165, 1.54) is 57.8 Å². The van der Waals surface area contributed by atoms with Gasteiger partial charge in [0.2, 0.25) is 0 Å². The zero-order valence-electron chi connectivity index (χ0n) is 24.3. The standard InChI is InChI=1S/C31H63F/c1-23(2)14-16-26(6)18-21-30(32)29(9)27(7)19-17-25(5)13-12-22-31(10,11)28(8)20-15-24(3)4/h23-30H,12-22H2,1-11H3. The van der Waals surface area contributed by atoms with E-state index in [1.54, 1.807) is 0 Å². The average molecular weight is 455 g/mol. The van der Waals surface area contributed by atoms with Crippen molar-refractivity contribution in [2.24, 2.45) is 46.8 Å². The third-order valence-electron chi connectivity index (χ3n) is 8.78. The van der Waals surface area contributed by atoms with Crippen molar-refractivity contribution >= 4 is 0 Å². The average Bonchev–Trinajstić information content (AvgIpc) is 2.71. The zero-order chi connectivity index (χ0) is 24.9. The third-order valence-corrected chi connectivity index (χ3v) is 8.78. The van der Waals surface area contributed by atoms with Crippen LogP contribution < -0.4 is 0 Å². The molecule has 0 rings (SSSR count). The monoisotopic (exact) mass is 454 g/mol. The molecule has 0 saturated heterocycles. The minimum absolute atomic E-state index is 0.195. The van der Waals surface area contributed by atoms with E-state index in [1.807, 2.05) is 0 Å². The summed E-state index contributed by atoms with van der Waals surface area (Å²) in [6.45, 7) is 25.8. The molecule has 0 spiro atoms. The van der Waals surface area contributed by atoms with E-state index < -0.39 is 6.17 Å². The van der Waals surface area contributed by atoms with Gasteiger partial charge in [0.1, 0.15) is 6.17 Å². The Labute approximate surface area is 204 Å². The maximum Gasteiger partial charge on any atom is 0.103 e. The molecule has 32 heavy (non-hydrogen) atoms. The molecule has 0 bridgehead atoms. The number of halogens is 1. The Balaban J connectivity index is 4.16. The maximum atomic E-state index is 14.9. The summed E-state index contributed by atoms with van der Waals surface area (Å²) >= 11 is 0. The molecule has 0 amide bonds. The Kier molecular flexibility index (Phi) is 16.5. The van der Waals surface area contributed by atoms with Gasteiger partial charge in [-0.05, 0) is 72.5 Å². The molecule has 0 aliphatic carbocycles. The Morgan fingerprint density at radius 3 is 1.59 bits per heavy atom. The lowest BCUT2D eigenvalue weighted by Gasteiger charge is -2.33. The van der Waals surface area contributed by atoms with Crippen LogP contribution in [0.5, 0.6) is 0 Å². The van der Waals surface area contributed by atoms with Gasteiger partial charge in [0.25, 0.3) is 0 Å². The van der Waals surface area contributed by atoms with E-state index in [0.717, 1.165) is 36.5 Å². The van der Waals surface area contributed by atoms with E-state index in [-0.39, 0.29) is 5.92 Å². The van der Waals surface area contributed by atoms with Gasteiger partial charge in [-0.2, -0.15) is 0 Å². The van der Waals surface area contributed by atoms with E-state index in [9.17, 15) is 4.39 Å². The molecule has 0 aromatic rings. The second-order valence-corrected chi connectivity index (χ2v) is 13.4. The van der Waals surface area contributed by atoms with Crippen LogP contribution in [0.1, 0.15) is 147 Å². The van der Waals surface area contributed by atoms with E-state index in [2.05, 4.69) is 76.2 Å². The van der Waals surface area contributed by atoms with Gasteiger partial charge in [0.05, 0.1) is 0 Å². The Hall–Kier alpha value is -0.0700.